The molecule has 4 aromatic rings. The lowest BCUT2D eigenvalue weighted by atomic mass is 10.1. The van der Waals surface area contributed by atoms with Crippen LogP contribution in [-0.4, -0.2) is 13.4 Å². The number of nitrogens with zero attached hydrogens (tertiary/aromatic N) is 1. The highest BCUT2D eigenvalue weighted by Gasteiger charge is 2.24. The van der Waals surface area contributed by atoms with Gasteiger partial charge in [0, 0.05) is 18.1 Å². The van der Waals surface area contributed by atoms with Gasteiger partial charge in [-0.05, 0) is 48.7 Å². The molecule has 0 aliphatic rings. The summed E-state index contributed by atoms with van der Waals surface area (Å²) in [5.41, 5.74) is 4.58. The molecule has 4 rings (SSSR count). The minimum Gasteiger partial charge on any atom is -0.379 e. The van der Waals surface area contributed by atoms with Gasteiger partial charge in [-0.15, -0.1) is 0 Å². The maximum atomic E-state index is 13.5. The first-order chi connectivity index (χ1) is 14.5. The largest absolute Gasteiger partial charge is 0.379 e. The summed E-state index contributed by atoms with van der Waals surface area (Å²) in [6, 6.07) is 22.9. The van der Waals surface area contributed by atoms with Crippen LogP contribution in [0.2, 0.25) is 0 Å². The number of fused-ring (bicyclic) bond motifs is 1. The Balaban J connectivity index is 1.85. The molecule has 1 heterocycles. The van der Waals surface area contributed by atoms with Crippen LogP contribution in [0.1, 0.15) is 23.6 Å². The predicted octanol–water partition coefficient (Wildman–Crippen LogP) is 5.55. The summed E-state index contributed by atoms with van der Waals surface area (Å²) in [5.74, 6) is 0. The van der Waals surface area contributed by atoms with Crippen molar-refractivity contribution in [1.82, 2.24) is 4.98 Å². The van der Waals surface area contributed by atoms with E-state index >= 15 is 0 Å². The first-order valence-electron chi connectivity index (χ1n) is 10.00. The summed E-state index contributed by atoms with van der Waals surface area (Å²) in [7, 11) is -3.73. The van der Waals surface area contributed by atoms with Crippen LogP contribution in [-0.2, 0) is 22.8 Å². The van der Waals surface area contributed by atoms with Crippen LogP contribution < -0.4 is 5.32 Å². The van der Waals surface area contributed by atoms with E-state index in [0.29, 0.717) is 12.2 Å². The number of aryl methyl sites for hydroxylation is 2. The lowest BCUT2D eigenvalue weighted by molar-refractivity contribution is 0.596. The molecule has 0 saturated carbocycles. The molecule has 0 fully saturated rings. The van der Waals surface area contributed by atoms with Crippen molar-refractivity contribution >= 4 is 26.4 Å². The number of pyridine rings is 1. The fourth-order valence-corrected chi connectivity index (χ4v) is 4.88. The molecule has 0 aliphatic carbocycles. The van der Waals surface area contributed by atoms with Gasteiger partial charge in [0.1, 0.15) is 4.90 Å². The third-order valence-electron chi connectivity index (χ3n) is 5.23. The van der Waals surface area contributed by atoms with E-state index < -0.39 is 9.84 Å². The zero-order chi connectivity index (χ0) is 21.1. The molecule has 1 N–H and O–H groups in total. The maximum Gasteiger partial charge on any atom is 0.210 e. The number of anilines is 1. The number of sulfone groups is 1. The molecule has 4 nitrogen and oxygen atoms in total. The fraction of sp³-hybridized carbons (Fsp3) is 0.160. The van der Waals surface area contributed by atoms with Crippen LogP contribution in [0.25, 0.3) is 10.9 Å². The molecule has 0 amide bonds. The average molecular weight is 417 g/mol. The van der Waals surface area contributed by atoms with Crippen molar-refractivity contribution in [2.75, 3.05) is 5.32 Å². The Bertz CT molecular complexity index is 1280. The van der Waals surface area contributed by atoms with Gasteiger partial charge in [-0.2, -0.15) is 0 Å². The number of aromatic nitrogens is 1. The number of benzene rings is 3. The lowest BCUT2D eigenvalue weighted by Crippen LogP contribution is -2.10. The summed E-state index contributed by atoms with van der Waals surface area (Å²) in [5, 5.41) is 4.18. The molecule has 0 aliphatic heterocycles. The van der Waals surface area contributed by atoms with Crippen molar-refractivity contribution < 1.29 is 8.42 Å². The van der Waals surface area contributed by atoms with Gasteiger partial charge in [0.15, 0.2) is 0 Å². The molecule has 152 valence electrons. The topological polar surface area (TPSA) is 59.1 Å². The highest BCUT2D eigenvalue weighted by Crippen LogP contribution is 2.34. The molecule has 1 aromatic heterocycles. The van der Waals surface area contributed by atoms with Crippen LogP contribution in [0.5, 0.6) is 0 Å². The van der Waals surface area contributed by atoms with Gasteiger partial charge in [-0.3, -0.25) is 4.98 Å². The van der Waals surface area contributed by atoms with E-state index in [4.69, 9.17) is 0 Å². The van der Waals surface area contributed by atoms with Crippen LogP contribution in [0, 0.1) is 6.92 Å². The monoisotopic (exact) mass is 416 g/mol. The van der Waals surface area contributed by atoms with Crippen LogP contribution in [0.3, 0.4) is 0 Å². The van der Waals surface area contributed by atoms with Crippen molar-refractivity contribution in [2.45, 2.75) is 36.6 Å². The van der Waals surface area contributed by atoms with Crippen LogP contribution >= 0.6 is 0 Å². The van der Waals surface area contributed by atoms with Gasteiger partial charge in [0.05, 0.1) is 16.1 Å². The van der Waals surface area contributed by atoms with Crippen molar-refractivity contribution in [3.8, 4) is 0 Å². The van der Waals surface area contributed by atoms with E-state index in [9.17, 15) is 8.42 Å². The minimum absolute atomic E-state index is 0.195. The van der Waals surface area contributed by atoms with Crippen molar-refractivity contribution in [1.29, 1.82) is 0 Å². The second-order valence-electron chi connectivity index (χ2n) is 7.36. The van der Waals surface area contributed by atoms with Gasteiger partial charge < -0.3 is 5.32 Å². The summed E-state index contributed by atoms with van der Waals surface area (Å²) in [4.78, 5) is 4.91. The van der Waals surface area contributed by atoms with Crippen LogP contribution in [0.15, 0.2) is 88.8 Å². The number of nitrogens with one attached hydrogen (secondary N) is 1. The standard InChI is InChI=1S/C25H24N2O2S/c1-3-19-10-12-21(13-11-19)30(28,29)24-17-26-23-14-9-18(2)15-22(23)25(24)27-16-20-7-5-4-6-8-20/h4-15,17H,3,16H2,1-2H3,(H,26,27). The molecule has 0 atom stereocenters. The second-order valence-corrected chi connectivity index (χ2v) is 9.28. The number of hydrogen-bond donors (Lipinski definition) is 1. The zero-order valence-corrected chi connectivity index (χ0v) is 17.9. The molecule has 0 spiro atoms. The van der Waals surface area contributed by atoms with Crippen molar-refractivity contribution in [2.24, 2.45) is 0 Å². The fourth-order valence-electron chi connectivity index (χ4n) is 3.49. The quantitative estimate of drug-likeness (QED) is 0.448. The van der Waals surface area contributed by atoms with E-state index in [1.165, 1.54) is 6.20 Å². The zero-order valence-electron chi connectivity index (χ0n) is 17.1. The van der Waals surface area contributed by atoms with E-state index in [0.717, 1.165) is 34.0 Å². The summed E-state index contributed by atoms with van der Waals surface area (Å²) >= 11 is 0. The highest BCUT2D eigenvalue weighted by molar-refractivity contribution is 7.91. The SMILES string of the molecule is CCc1ccc(S(=O)(=O)c2cnc3ccc(C)cc3c2NCc2ccccc2)cc1. The number of rotatable bonds is 6. The van der Waals surface area contributed by atoms with Crippen LogP contribution in [0.4, 0.5) is 5.69 Å². The molecular formula is C25H24N2O2S. The Morgan fingerprint density at radius 2 is 1.63 bits per heavy atom. The third kappa shape index (κ3) is 3.94. The first-order valence-corrected chi connectivity index (χ1v) is 11.5. The Morgan fingerprint density at radius 3 is 2.33 bits per heavy atom. The third-order valence-corrected chi connectivity index (χ3v) is 7.01. The average Bonchev–Trinajstić information content (AvgIpc) is 2.78. The molecule has 0 radical (unpaired) electrons. The molecule has 0 unspecified atom stereocenters. The van der Waals surface area contributed by atoms with Gasteiger partial charge in [-0.25, -0.2) is 8.42 Å². The lowest BCUT2D eigenvalue weighted by Gasteiger charge is -2.16. The molecule has 5 heteroatoms. The number of hydrogen-bond acceptors (Lipinski definition) is 4. The predicted molar refractivity (Wildman–Crippen MR) is 122 cm³/mol. The Labute approximate surface area is 177 Å². The Morgan fingerprint density at radius 1 is 0.900 bits per heavy atom. The molecule has 3 aromatic carbocycles. The highest BCUT2D eigenvalue weighted by atomic mass is 32.2. The second kappa shape index (κ2) is 8.28. The first kappa shape index (κ1) is 20.1. The van der Waals surface area contributed by atoms with Crippen molar-refractivity contribution in [3.63, 3.8) is 0 Å². The van der Waals surface area contributed by atoms with Gasteiger partial charge in [0.25, 0.3) is 0 Å². The van der Waals surface area contributed by atoms with Gasteiger partial charge >= 0.3 is 0 Å². The summed E-state index contributed by atoms with van der Waals surface area (Å²) < 4.78 is 27.0. The van der Waals surface area contributed by atoms with E-state index in [1.54, 1.807) is 12.1 Å². The van der Waals surface area contributed by atoms with Crippen molar-refractivity contribution in [3.05, 3.63) is 95.7 Å². The normalized spacial score (nSPS) is 11.5. The smallest absolute Gasteiger partial charge is 0.210 e. The van der Waals surface area contributed by atoms with Gasteiger partial charge in [0.2, 0.25) is 9.84 Å². The maximum absolute atomic E-state index is 13.5. The Hall–Kier alpha value is -3.18. The van der Waals surface area contributed by atoms with E-state index in [1.807, 2.05) is 74.5 Å². The molecule has 0 bridgehead atoms. The minimum atomic E-state index is -3.73. The summed E-state index contributed by atoms with van der Waals surface area (Å²) in [6.07, 6.45) is 2.33. The molecular weight excluding hydrogens is 392 g/mol. The Kier molecular flexibility index (Phi) is 5.55. The van der Waals surface area contributed by atoms with Gasteiger partial charge in [-0.1, -0.05) is 61.0 Å². The van der Waals surface area contributed by atoms with E-state index in [2.05, 4.69) is 10.3 Å². The van der Waals surface area contributed by atoms with E-state index in [-0.39, 0.29) is 9.79 Å². The molecule has 30 heavy (non-hydrogen) atoms. The summed E-state index contributed by atoms with van der Waals surface area (Å²) in [6.45, 7) is 4.56. The molecule has 0 saturated heterocycles.